The van der Waals surface area contributed by atoms with Gasteiger partial charge >= 0.3 is 5.69 Å². The zero-order valence-corrected chi connectivity index (χ0v) is 19.5. The molecule has 0 unspecified atom stereocenters. The van der Waals surface area contributed by atoms with Gasteiger partial charge in [0.1, 0.15) is 12.3 Å². The molecule has 2 heterocycles. The molecule has 0 spiro atoms. The van der Waals surface area contributed by atoms with Crippen molar-refractivity contribution in [1.82, 2.24) is 19.8 Å². The number of furan rings is 1. The number of fused-ring (bicyclic) bond motifs is 1. The minimum absolute atomic E-state index is 0.0764. The Hall–Kier alpha value is -4.40. The van der Waals surface area contributed by atoms with E-state index in [9.17, 15) is 19.2 Å². The van der Waals surface area contributed by atoms with Gasteiger partial charge in [-0.1, -0.05) is 25.1 Å². The molecule has 1 atom stereocenters. The van der Waals surface area contributed by atoms with Gasteiger partial charge in [0, 0.05) is 11.6 Å². The van der Waals surface area contributed by atoms with Crippen molar-refractivity contribution < 1.29 is 14.0 Å². The van der Waals surface area contributed by atoms with Crippen molar-refractivity contribution in [3.8, 4) is 5.69 Å². The van der Waals surface area contributed by atoms with E-state index in [1.165, 1.54) is 29.0 Å². The molecule has 0 aliphatic heterocycles. The minimum Gasteiger partial charge on any atom is -0.467 e. The maximum absolute atomic E-state index is 13.5. The fourth-order valence-electron chi connectivity index (χ4n) is 3.71. The van der Waals surface area contributed by atoms with Crippen LogP contribution in [0.2, 0.25) is 0 Å². The van der Waals surface area contributed by atoms with Crippen LogP contribution in [0.15, 0.2) is 80.9 Å². The van der Waals surface area contributed by atoms with Crippen molar-refractivity contribution in [2.45, 2.75) is 39.4 Å². The van der Waals surface area contributed by atoms with Crippen LogP contribution in [-0.2, 0) is 17.9 Å². The van der Waals surface area contributed by atoms with Gasteiger partial charge in [-0.25, -0.2) is 9.36 Å². The van der Waals surface area contributed by atoms with E-state index < -0.39 is 17.2 Å². The monoisotopic (exact) mass is 474 g/mol. The van der Waals surface area contributed by atoms with E-state index in [-0.39, 0.29) is 41.5 Å². The third-order valence-electron chi connectivity index (χ3n) is 5.75. The largest absolute Gasteiger partial charge is 0.467 e. The number of aromatic nitrogens is 2. The van der Waals surface area contributed by atoms with E-state index in [4.69, 9.17) is 4.42 Å². The third-order valence-corrected chi connectivity index (χ3v) is 5.75. The summed E-state index contributed by atoms with van der Waals surface area (Å²) in [7, 11) is 0. The fourth-order valence-corrected chi connectivity index (χ4v) is 3.71. The smallest absolute Gasteiger partial charge is 0.336 e. The Labute approximate surface area is 201 Å². The number of hydrogen-bond acceptors (Lipinski definition) is 5. The molecule has 180 valence electrons. The predicted molar refractivity (Wildman–Crippen MR) is 132 cm³/mol. The third kappa shape index (κ3) is 5.08. The van der Waals surface area contributed by atoms with Crippen molar-refractivity contribution in [2.24, 2.45) is 0 Å². The quantitative estimate of drug-likeness (QED) is 0.407. The highest BCUT2D eigenvalue weighted by Crippen LogP contribution is 2.14. The Morgan fingerprint density at radius 3 is 2.49 bits per heavy atom. The molecular weight excluding hydrogens is 448 g/mol. The number of nitrogens with one attached hydrogen (secondary N) is 2. The van der Waals surface area contributed by atoms with Crippen molar-refractivity contribution in [3.63, 3.8) is 0 Å². The summed E-state index contributed by atoms with van der Waals surface area (Å²) in [6, 6.07) is 16.4. The molecule has 0 saturated heterocycles. The van der Waals surface area contributed by atoms with Crippen LogP contribution < -0.4 is 21.9 Å². The summed E-state index contributed by atoms with van der Waals surface area (Å²) >= 11 is 0. The second kappa shape index (κ2) is 10.3. The summed E-state index contributed by atoms with van der Waals surface area (Å²) in [6.45, 7) is 3.69. The van der Waals surface area contributed by atoms with Gasteiger partial charge in [-0.15, -0.1) is 0 Å². The molecule has 0 fully saturated rings. The lowest BCUT2D eigenvalue weighted by molar-refractivity contribution is -0.122. The molecule has 0 bridgehead atoms. The number of rotatable bonds is 8. The number of hydrogen-bond donors (Lipinski definition) is 2. The lowest BCUT2D eigenvalue weighted by atomic mass is 10.1. The van der Waals surface area contributed by atoms with E-state index >= 15 is 0 Å². The van der Waals surface area contributed by atoms with E-state index in [2.05, 4.69) is 10.6 Å². The Kier molecular flexibility index (Phi) is 6.96. The molecule has 0 radical (unpaired) electrons. The molecule has 4 aromatic rings. The molecule has 2 aromatic heterocycles. The van der Waals surface area contributed by atoms with Crippen LogP contribution in [0.4, 0.5) is 0 Å². The molecule has 9 nitrogen and oxygen atoms in total. The first-order valence-corrected chi connectivity index (χ1v) is 11.3. The van der Waals surface area contributed by atoms with Gasteiger partial charge < -0.3 is 15.1 Å². The first kappa shape index (κ1) is 23.7. The van der Waals surface area contributed by atoms with Crippen LogP contribution in [0.1, 0.15) is 36.4 Å². The number of nitrogens with zero attached hydrogens (tertiary/aromatic N) is 2. The normalized spacial score (nSPS) is 11.8. The molecule has 0 saturated carbocycles. The number of benzene rings is 2. The average Bonchev–Trinajstić information content (AvgIpc) is 3.39. The summed E-state index contributed by atoms with van der Waals surface area (Å²) < 4.78 is 7.50. The molecule has 2 N–H and O–H groups in total. The van der Waals surface area contributed by atoms with Crippen LogP contribution in [0.3, 0.4) is 0 Å². The average molecular weight is 475 g/mol. The van der Waals surface area contributed by atoms with Crippen LogP contribution in [-0.4, -0.2) is 27.0 Å². The Balaban J connectivity index is 1.81. The highest BCUT2D eigenvalue weighted by Gasteiger charge is 2.19. The Morgan fingerprint density at radius 1 is 1.03 bits per heavy atom. The summed E-state index contributed by atoms with van der Waals surface area (Å²) in [5.74, 6) is -0.184. The standard InChI is InChI=1S/C26H26N4O5/c1-3-17(2)28-23(31)16-29-22-14-18(24(32)27-15-20-10-7-13-35-20)11-12-21(22)25(33)30(26(29)34)19-8-5-4-6-9-19/h4-14,17H,3,15-16H2,1-2H3,(H,27,32)(H,28,31)/t17-/m1/s1. The highest BCUT2D eigenvalue weighted by atomic mass is 16.3. The van der Waals surface area contributed by atoms with Crippen LogP contribution in [0.5, 0.6) is 0 Å². The van der Waals surface area contributed by atoms with Crippen molar-refractivity contribution in [3.05, 3.63) is 99.1 Å². The number of amides is 2. The summed E-state index contributed by atoms with van der Waals surface area (Å²) in [5, 5.41) is 5.80. The van der Waals surface area contributed by atoms with Crippen molar-refractivity contribution in [1.29, 1.82) is 0 Å². The molecule has 4 rings (SSSR count). The van der Waals surface area contributed by atoms with E-state index in [1.807, 2.05) is 13.8 Å². The van der Waals surface area contributed by atoms with E-state index in [0.29, 0.717) is 11.4 Å². The summed E-state index contributed by atoms with van der Waals surface area (Å²) in [5.41, 5.74) is -0.354. The molecule has 2 aromatic carbocycles. The lowest BCUT2D eigenvalue weighted by Crippen LogP contribution is -2.43. The lowest BCUT2D eigenvalue weighted by Gasteiger charge is -2.16. The molecule has 2 amide bonds. The molecule has 35 heavy (non-hydrogen) atoms. The molecule has 0 aliphatic rings. The van der Waals surface area contributed by atoms with Crippen LogP contribution >= 0.6 is 0 Å². The molecular formula is C26H26N4O5. The van der Waals surface area contributed by atoms with E-state index in [1.54, 1.807) is 42.5 Å². The van der Waals surface area contributed by atoms with Gasteiger partial charge in [-0.2, -0.15) is 0 Å². The van der Waals surface area contributed by atoms with Crippen molar-refractivity contribution >= 4 is 22.7 Å². The zero-order chi connectivity index (χ0) is 24.9. The Morgan fingerprint density at radius 2 is 1.80 bits per heavy atom. The van der Waals surface area contributed by atoms with Gasteiger partial charge in [-0.05, 0) is 55.8 Å². The van der Waals surface area contributed by atoms with E-state index in [0.717, 1.165) is 11.0 Å². The second-order valence-corrected chi connectivity index (χ2v) is 8.22. The first-order valence-electron chi connectivity index (χ1n) is 11.3. The van der Waals surface area contributed by atoms with Gasteiger partial charge in [0.05, 0.1) is 29.4 Å². The summed E-state index contributed by atoms with van der Waals surface area (Å²) in [6.07, 6.45) is 2.24. The SMILES string of the molecule is CC[C@@H](C)NC(=O)Cn1c(=O)n(-c2ccccc2)c(=O)c2ccc(C(=O)NCc3ccco3)cc21. The van der Waals surface area contributed by atoms with Gasteiger partial charge in [0.15, 0.2) is 0 Å². The topological polar surface area (TPSA) is 115 Å². The number of para-hydroxylation sites is 1. The van der Waals surface area contributed by atoms with Crippen LogP contribution in [0.25, 0.3) is 16.6 Å². The van der Waals surface area contributed by atoms with Crippen molar-refractivity contribution in [2.75, 3.05) is 0 Å². The fraction of sp³-hybridized carbons (Fsp3) is 0.231. The second-order valence-electron chi connectivity index (χ2n) is 8.22. The maximum Gasteiger partial charge on any atom is 0.336 e. The predicted octanol–water partition coefficient (Wildman–Crippen LogP) is 2.59. The van der Waals surface area contributed by atoms with Gasteiger partial charge in [0.25, 0.3) is 11.5 Å². The van der Waals surface area contributed by atoms with Gasteiger partial charge in [-0.3, -0.25) is 19.0 Å². The highest BCUT2D eigenvalue weighted by molar-refractivity contribution is 5.98. The van der Waals surface area contributed by atoms with Gasteiger partial charge in [0.2, 0.25) is 5.91 Å². The maximum atomic E-state index is 13.5. The summed E-state index contributed by atoms with van der Waals surface area (Å²) in [4.78, 5) is 52.3. The first-order chi connectivity index (χ1) is 16.9. The molecule has 9 heteroatoms. The molecule has 0 aliphatic carbocycles. The Bertz CT molecular complexity index is 1470. The number of carbonyl (C=O) groups is 2. The number of carbonyl (C=O) groups excluding carboxylic acids is 2. The zero-order valence-electron chi connectivity index (χ0n) is 19.5. The van der Waals surface area contributed by atoms with Crippen LogP contribution in [0, 0.1) is 0 Å². The minimum atomic E-state index is -0.666.